The lowest BCUT2D eigenvalue weighted by molar-refractivity contribution is 0.0950. The molecule has 0 aliphatic heterocycles. The lowest BCUT2D eigenvalue weighted by Crippen LogP contribution is -2.23. The van der Waals surface area contributed by atoms with E-state index in [-0.39, 0.29) is 5.91 Å². The van der Waals surface area contributed by atoms with Crippen molar-refractivity contribution in [1.82, 2.24) is 19.7 Å². The summed E-state index contributed by atoms with van der Waals surface area (Å²) in [5, 5.41) is 5.12. The Kier molecular flexibility index (Phi) is 3.18. The average molecular weight is 293 g/mol. The van der Waals surface area contributed by atoms with E-state index in [0.29, 0.717) is 17.3 Å². The van der Waals surface area contributed by atoms with Crippen molar-refractivity contribution >= 4 is 33.8 Å². The number of fused-ring (bicyclic) bond motifs is 1. The molecule has 0 spiro atoms. The number of carbonyl (C=O) groups is 1. The van der Waals surface area contributed by atoms with E-state index < -0.39 is 0 Å². The Morgan fingerprint density at radius 1 is 1.47 bits per heavy atom. The van der Waals surface area contributed by atoms with Crippen LogP contribution in [0.2, 0.25) is 5.15 Å². The van der Waals surface area contributed by atoms with Gasteiger partial charge in [-0.1, -0.05) is 11.6 Å². The fraction of sp³-hybridized carbons (Fsp3) is 0.0833. The molecule has 3 rings (SSSR count). The van der Waals surface area contributed by atoms with Gasteiger partial charge in [0.05, 0.1) is 17.8 Å². The normalized spacial score (nSPS) is 10.8. The first-order chi connectivity index (χ1) is 9.22. The van der Waals surface area contributed by atoms with Gasteiger partial charge in [0.15, 0.2) is 4.96 Å². The van der Waals surface area contributed by atoms with Crippen LogP contribution in [0.1, 0.15) is 16.1 Å². The number of pyridine rings is 1. The van der Waals surface area contributed by atoms with Crippen LogP contribution in [0.4, 0.5) is 0 Å². The topological polar surface area (TPSA) is 59.3 Å². The number of carbonyl (C=O) groups excluding carboxylic acids is 1. The van der Waals surface area contributed by atoms with E-state index in [2.05, 4.69) is 15.3 Å². The summed E-state index contributed by atoms with van der Waals surface area (Å²) in [6.07, 6.45) is 5.27. The van der Waals surface area contributed by atoms with Gasteiger partial charge in [-0.05, 0) is 12.1 Å². The number of hydrogen-bond acceptors (Lipinski definition) is 4. The Balaban J connectivity index is 1.67. The second-order valence-electron chi connectivity index (χ2n) is 3.88. The molecule has 0 atom stereocenters. The molecule has 3 heterocycles. The summed E-state index contributed by atoms with van der Waals surface area (Å²) < 4.78 is 1.93. The Hall–Kier alpha value is -1.92. The van der Waals surface area contributed by atoms with Gasteiger partial charge < -0.3 is 5.32 Å². The highest BCUT2D eigenvalue weighted by atomic mass is 35.5. The maximum absolute atomic E-state index is 11.9. The fourth-order valence-corrected chi connectivity index (χ4v) is 2.48. The van der Waals surface area contributed by atoms with Crippen LogP contribution in [0.25, 0.3) is 4.96 Å². The van der Waals surface area contributed by atoms with E-state index in [9.17, 15) is 4.79 Å². The van der Waals surface area contributed by atoms with E-state index in [1.54, 1.807) is 23.5 Å². The van der Waals surface area contributed by atoms with Crippen LogP contribution in [0.3, 0.4) is 0 Å². The molecule has 1 N–H and O–H groups in total. The predicted molar refractivity (Wildman–Crippen MR) is 73.5 cm³/mol. The van der Waals surface area contributed by atoms with E-state index in [1.165, 1.54) is 6.20 Å². The van der Waals surface area contributed by atoms with Crippen LogP contribution in [0.5, 0.6) is 0 Å². The zero-order valence-electron chi connectivity index (χ0n) is 9.71. The predicted octanol–water partition coefficient (Wildman–Crippen LogP) is 2.37. The van der Waals surface area contributed by atoms with E-state index >= 15 is 0 Å². The van der Waals surface area contributed by atoms with Gasteiger partial charge in [0.25, 0.3) is 5.91 Å². The second kappa shape index (κ2) is 4.99. The van der Waals surface area contributed by atoms with Gasteiger partial charge in [0.2, 0.25) is 0 Å². The molecule has 3 aromatic rings. The van der Waals surface area contributed by atoms with E-state index in [4.69, 9.17) is 11.6 Å². The molecule has 0 fully saturated rings. The molecule has 0 saturated carbocycles. The molecule has 19 heavy (non-hydrogen) atoms. The molecule has 0 saturated heterocycles. The molecule has 1 amide bonds. The third-order valence-corrected chi connectivity index (χ3v) is 3.56. The summed E-state index contributed by atoms with van der Waals surface area (Å²) >= 11 is 7.22. The lowest BCUT2D eigenvalue weighted by atomic mass is 10.2. The van der Waals surface area contributed by atoms with Crippen LogP contribution in [0.15, 0.2) is 36.1 Å². The number of nitrogens with zero attached hydrogens (tertiary/aromatic N) is 3. The summed E-state index contributed by atoms with van der Waals surface area (Å²) in [6.45, 7) is 0.385. The number of rotatable bonds is 3. The number of hydrogen-bond donors (Lipinski definition) is 1. The van der Waals surface area contributed by atoms with Crippen molar-refractivity contribution in [2.24, 2.45) is 0 Å². The van der Waals surface area contributed by atoms with Gasteiger partial charge in [0.1, 0.15) is 5.15 Å². The Morgan fingerprint density at radius 2 is 2.37 bits per heavy atom. The minimum Gasteiger partial charge on any atom is -0.346 e. The number of amides is 1. The number of nitrogens with one attached hydrogen (secondary N) is 1. The first-order valence-corrected chi connectivity index (χ1v) is 6.79. The highest BCUT2D eigenvalue weighted by Gasteiger charge is 2.07. The first-order valence-electron chi connectivity index (χ1n) is 5.53. The van der Waals surface area contributed by atoms with Gasteiger partial charge in [-0.2, -0.15) is 0 Å². The minimum absolute atomic E-state index is 0.194. The molecule has 0 bridgehead atoms. The Bertz CT molecular complexity index is 690. The molecular formula is C12H9ClN4OS. The fourth-order valence-electron chi connectivity index (χ4n) is 1.64. The van der Waals surface area contributed by atoms with Crippen molar-refractivity contribution in [3.8, 4) is 0 Å². The van der Waals surface area contributed by atoms with Crippen LogP contribution < -0.4 is 5.32 Å². The summed E-state index contributed by atoms with van der Waals surface area (Å²) in [6, 6.07) is 3.22. The quantitative estimate of drug-likeness (QED) is 0.754. The maximum Gasteiger partial charge on any atom is 0.253 e. The van der Waals surface area contributed by atoms with E-state index in [1.807, 2.05) is 22.2 Å². The largest absolute Gasteiger partial charge is 0.346 e. The minimum atomic E-state index is -0.194. The van der Waals surface area contributed by atoms with Crippen LogP contribution in [0, 0.1) is 0 Å². The summed E-state index contributed by atoms with van der Waals surface area (Å²) in [5.41, 5.74) is 1.30. The lowest BCUT2D eigenvalue weighted by Gasteiger charge is -2.02. The second-order valence-corrected chi connectivity index (χ2v) is 5.14. The van der Waals surface area contributed by atoms with Crippen molar-refractivity contribution < 1.29 is 4.79 Å². The van der Waals surface area contributed by atoms with Crippen molar-refractivity contribution in [3.63, 3.8) is 0 Å². The van der Waals surface area contributed by atoms with Gasteiger partial charge in [-0.25, -0.2) is 9.97 Å². The third kappa shape index (κ3) is 2.59. The molecule has 5 nitrogen and oxygen atoms in total. The van der Waals surface area contributed by atoms with E-state index in [0.717, 1.165) is 10.7 Å². The first kappa shape index (κ1) is 12.1. The van der Waals surface area contributed by atoms with Crippen LogP contribution in [-0.2, 0) is 6.54 Å². The SMILES string of the molecule is O=C(NCc1cn2ccsc2n1)c1ccc(Cl)nc1. The van der Waals surface area contributed by atoms with Crippen molar-refractivity contribution in [3.05, 3.63) is 52.5 Å². The zero-order valence-corrected chi connectivity index (χ0v) is 11.3. The highest BCUT2D eigenvalue weighted by Crippen LogP contribution is 2.11. The van der Waals surface area contributed by atoms with Gasteiger partial charge in [0, 0.05) is 24.0 Å². The zero-order chi connectivity index (χ0) is 13.2. The smallest absolute Gasteiger partial charge is 0.253 e. The molecule has 0 radical (unpaired) electrons. The summed E-state index contributed by atoms with van der Waals surface area (Å²) in [5.74, 6) is -0.194. The van der Waals surface area contributed by atoms with Crippen molar-refractivity contribution in [1.29, 1.82) is 0 Å². The Labute approximate surface area is 117 Å². The van der Waals surface area contributed by atoms with Gasteiger partial charge >= 0.3 is 0 Å². The van der Waals surface area contributed by atoms with Crippen LogP contribution in [-0.4, -0.2) is 20.3 Å². The number of halogens is 1. The molecular weight excluding hydrogens is 284 g/mol. The van der Waals surface area contributed by atoms with Gasteiger partial charge in [-0.3, -0.25) is 9.20 Å². The molecule has 0 aliphatic carbocycles. The third-order valence-electron chi connectivity index (χ3n) is 2.56. The van der Waals surface area contributed by atoms with Crippen LogP contribution >= 0.6 is 22.9 Å². The monoisotopic (exact) mass is 292 g/mol. The molecule has 7 heteroatoms. The molecule has 0 aromatic carbocycles. The molecule has 3 aromatic heterocycles. The standard InChI is InChI=1S/C12H9ClN4OS/c13-10-2-1-8(5-14-10)11(18)15-6-9-7-17-3-4-19-12(17)16-9/h1-5,7H,6H2,(H,15,18). The number of thiazole rings is 1. The number of imidazole rings is 1. The maximum atomic E-state index is 11.9. The molecule has 96 valence electrons. The van der Waals surface area contributed by atoms with Crippen molar-refractivity contribution in [2.45, 2.75) is 6.54 Å². The molecule has 0 aliphatic rings. The van der Waals surface area contributed by atoms with Gasteiger partial charge in [-0.15, -0.1) is 11.3 Å². The Morgan fingerprint density at radius 3 is 3.11 bits per heavy atom. The summed E-state index contributed by atoms with van der Waals surface area (Å²) in [7, 11) is 0. The van der Waals surface area contributed by atoms with Crippen molar-refractivity contribution in [2.75, 3.05) is 0 Å². The summed E-state index contributed by atoms with van der Waals surface area (Å²) in [4.78, 5) is 21.0. The average Bonchev–Trinajstić information content (AvgIpc) is 2.97. The molecule has 0 unspecified atom stereocenters. The highest BCUT2D eigenvalue weighted by molar-refractivity contribution is 7.15. The number of aromatic nitrogens is 3.